The van der Waals surface area contributed by atoms with E-state index >= 15 is 0 Å². The molecule has 88 valence electrons. The predicted molar refractivity (Wildman–Crippen MR) is 61.5 cm³/mol. The van der Waals surface area contributed by atoms with E-state index in [9.17, 15) is 8.78 Å². The standard InChI is InChI=1S/C12H11F2N3/c1-2-15-12-16-6-5-11(17-12)9-7-8(13)3-4-10(9)14/h3-7H,2H2,1H3,(H,15,16,17). The van der Waals surface area contributed by atoms with Gasteiger partial charge in [-0.3, -0.25) is 0 Å². The highest BCUT2D eigenvalue weighted by molar-refractivity contribution is 5.60. The van der Waals surface area contributed by atoms with Crippen molar-refractivity contribution >= 4 is 5.95 Å². The Hall–Kier alpha value is -2.04. The van der Waals surface area contributed by atoms with E-state index in [-0.39, 0.29) is 5.56 Å². The van der Waals surface area contributed by atoms with Gasteiger partial charge in [-0.1, -0.05) is 0 Å². The average Bonchev–Trinajstić information content (AvgIpc) is 2.33. The molecule has 0 bridgehead atoms. The van der Waals surface area contributed by atoms with Gasteiger partial charge >= 0.3 is 0 Å². The van der Waals surface area contributed by atoms with Crippen LogP contribution in [0.1, 0.15) is 6.92 Å². The number of rotatable bonds is 3. The second-order valence-corrected chi connectivity index (χ2v) is 3.42. The summed E-state index contributed by atoms with van der Waals surface area (Å²) in [6, 6.07) is 4.82. The summed E-state index contributed by atoms with van der Waals surface area (Å²) in [4.78, 5) is 8.07. The molecule has 0 aliphatic carbocycles. The van der Waals surface area contributed by atoms with Crippen molar-refractivity contribution in [1.82, 2.24) is 9.97 Å². The van der Waals surface area contributed by atoms with Crippen LogP contribution in [0.25, 0.3) is 11.3 Å². The SMILES string of the molecule is CCNc1nccc(-c2cc(F)ccc2F)n1. The lowest BCUT2D eigenvalue weighted by Crippen LogP contribution is -2.02. The zero-order valence-corrected chi connectivity index (χ0v) is 9.24. The smallest absolute Gasteiger partial charge is 0.223 e. The number of aromatic nitrogens is 2. The lowest BCUT2D eigenvalue weighted by molar-refractivity contribution is 0.602. The number of anilines is 1. The topological polar surface area (TPSA) is 37.8 Å². The molecule has 0 spiro atoms. The van der Waals surface area contributed by atoms with Gasteiger partial charge in [-0.15, -0.1) is 0 Å². The minimum absolute atomic E-state index is 0.131. The number of halogens is 2. The van der Waals surface area contributed by atoms with Crippen LogP contribution in [0.2, 0.25) is 0 Å². The maximum atomic E-state index is 13.5. The lowest BCUT2D eigenvalue weighted by Gasteiger charge is -2.05. The zero-order chi connectivity index (χ0) is 12.3. The quantitative estimate of drug-likeness (QED) is 0.888. The van der Waals surface area contributed by atoms with Crippen LogP contribution >= 0.6 is 0 Å². The molecular weight excluding hydrogens is 224 g/mol. The van der Waals surface area contributed by atoms with Crippen molar-refractivity contribution in [2.75, 3.05) is 11.9 Å². The molecule has 5 heteroatoms. The maximum Gasteiger partial charge on any atom is 0.223 e. The first-order valence-electron chi connectivity index (χ1n) is 5.23. The summed E-state index contributed by atoms with van der Waals surface area (Å²) >= 11 is 0. The maximum absolute atomic E-state index is 13.5. The summed E-state index contributed by atoms with van der Waals surface area (Å²) in [6.45, 7) is 2.56. The van der Waals surface area contributed by atoms with Gasteiger partial charge in [0.25, 0.3) is 0 Å². The van der Waals surface area contributed by atoms with Crippen molar-refractivity contribution in [2.45, 2.75) is 6.92 Å². The van der Waals surface area contributed by atoms with E-state index in [1.165, 1.54) is 6.20 Å². The van der Waals surface area contributed by atoms with Gasteiger partial charge in [0, 0.05) is 18.3 Å². The first kappa shape index (κ1) is 11.4. The van der Waals surface area contributed by atoms with Crippen LogP contribution < -0.4 is 5.32 Å². The van der Waals surface area contributed by atoms with E-state index < -0.39 is 11.6 Å². The lowest BCUT2D eigenvalue weighted by atomic mass is 10.1. The third-order valence-electron chi connectivity index (χ3n) is 2.19. The van der Waals surface area contributed by atoms with Gasteiger partial charge in [0.15, 0.2) is 0 Å². The van der Waals surface area contributed by atoms with Crippen molar-refractivity contribution in [2.24, 2.45) is 0 Å². The fourth-order valence-corrected chi connectivity index (χ4v) is 1.45. The minimum atomic E-state index is -0.507. The number of hydrogen-bond donors (Lipinski definition) is 1. The fourth-order valence-electron chi connectivity index (χ4n) is 1.45. The molecule has 0 fully saturated rings. The van der Waals surface area contributed by atoms with Gasteiger partial charge in [0.1, 0.15) is 11.6 Å². The summed E-state index contributed by atoms with van der Waals surface area (Å²) in [7, 11) is 0. The molecule has 0 saturated heterocycles. The molecule has 1 N–H and O–H groups in total. The van der Waals surface area contributed by atoms with E-state index in [4.69, 9.17) is 0 Å². The first-order valence-corrected chi connectivity index (χ1v) is 5.23. The highest BCUT2D eigenvalue weighted by atomic mass is 19.1. The zero-order valence-electron chi connectivity index (χ0n) is 9.24. The molecule has 1 heterocycles. The third-order valence-corrected chi connectivity index (χ3v) is 2.19. The largest absolute Gasteiger partial charge is 0.354 e. The van der Waals surface area contributed by atoms with E-state index in [0.29, 0.717) is 18.2 Å². The minimum Gasteiger partial charge on any atom is -0.354 e. The van der Waals surface area contributed by atoms with Crippen LogP contribution in [0.5, 0.6) is 0 Å². The Morgan fingerprint density at radius 1 is 1.24 bits per heavy atom. The van der Waals surface area contributed by atoms with Crippen LogP contribution in [0.4, 0.5) is 14.7 Å². The summed E-state index contributed by atoms with van der Waals surface area (Å²) in [6.07, 6.45) is 1.50. The van der Waals surface area contributed by atoms with Crippen LogP contribution in [0.15, 0.2) is 30.5 Å². The Morgan fingerprint density at radius 2 is 2.06 bits per heavy atom. The summed E-state index contributed by atoms with van der Waals surface area (Å²) in [5.41, 5.74) is 0.486. The van der Waals surface area contributed by atoms with Crippen LogP contribution in [0.3, 0.4) is 0 Å². The van der Waals surface area contributed by atoms with Crippen molar-refractivity contribution in [3.63, 3.8) is 0 Å². The van der Waals surface area contributed by atoms with Crippen molar-refractivity contribution in [3.8, 4) is 11.3 Å². The highest BCUT2D eigenvalue weighted by Crippen LogP contribution is 2.22. The monoisotopic (exact) mass is 235 g/mol. The molecule has 1 aromatic carbocycles. The fraction of sp³-hybridized carbons (Fsp3) is 0.167. The van der Waals surface area contributed by atoms with Crippen LogP contribution in [-0.2, 0) is 0 Å². The summed E-state index contributed by atoms with van der Waals surface area (Å²) < 4.78 is 26.6. The number of benzene rings is 1. The molecule has 0 aliphatic heterocycles. The number of nitrogens with one attached hydrogen (secondary N) is 1. The molecule has 0 unspecified atom stereocenters. The normalized spacial score (nSPS) is 10.3. The second-order valence-electron chi connectivity index (χ2n) is 3.42. The molecule has 2 aromatic rings. The van der Waals surface area contributed by atoms with E-state index in [2.05, 4.69) is 15.3 Å². The summed E-state index contributed by atoms with van der Waals surface area (Å²) in [5, 5.41) is 2.91. The third kappa shape index (κ3) is 2.55. The molecule has 0 atom stereocenters. The van der Waals surface area contributed by atoms with Crippen LogP contribution in [0, 0.1) is 11.6 Å². The molecule has 17 heavy (non-hydrogen) atoms. The van der Waals surface area contributed by atoms with Gasteiger partial charge in [0.05, 0.1) is 5.69 Å². The van der Waals surface area contributed by atoms with Gasteiger partial charge < -0.3 is 5.32 Å². The van der Waals surface area contributed by atoms with E-state index in [1.54, 1.807) is 6.07 Å². The molecule has 0 amide bonds. The summed E-state index contributed by atoms with van der Waals surface area (Å²) in [5.74, 6) is -0.605. The van der Waals surface area contributed by atoms with Gasteiger partial charge in [-0.25, -0.2) is 18.7 Å². The highest BCUT2D eigenvalue weighted by Gasteiger charge is 2.08. The second kappa shape index (κ2) is 4.86. The first-order chi connectivity index (χ1) is 8.20. The number of nitrogens with zero attached hydrogens (tertiary/aromatic N) is 2. The molecule has 0 radical (unpaired) electrons. The van der Waals surface area contributed by atoms with Crippen molar-refractivity contribution in [3.05, 3.63) is 42.1 Å². The molecule has 0 aliphatic rings. The van der Waals surface area contributed by atoms with E-state index in [1.807, 2.05) is 6.92 Å². The Balaban J connectivity index is 2.45. The molecule has 1 aromatic heterocycles. The Morgan fingerprint density at radius 3 is 2.82 bits per heavy atom. The average molecular weight is 235 g/mol. The van der Waals surface area contributed by atoms with Crippen LogP contribution in [-0.4, -0.2) is 16.5 Å². The predicted octanol–water partition coefficient (Wildman–Crippen LogP) is 2.85. The molecular formula is C12H11F2N3. The Bertz CT molecular complexity index is 529. The van der Waals surface area contributed by atoms with E-state index in [0.717, 1.165) is 18.2 Å². The Labute approximate surface area is 97.5 Å². The van der Waals surface area contributed by atoms with Gasteiger partial charge in [-0.05, 0) is 31.2 Å². The van der Waals surface area contributed by atoms with Crippen molar-refractivity contribution < 1.29 is 8.78 Å². The Kier molecular flexibility index (Phi) is 3.27. The molecule has 0 saturated carbocycles. The van der Waals surface area contributed by atoms with Crippen molar-refractivity contribution in [1.29, 1.82) is 0 Å². The number of hydrogen-bond acceptors (Lipinski definition) is 3. The molecule has 2 rings (SSSR count). The van der Waals surface area contributed by atoms with Gasteiger partial charge in [-0.2, -0.15) is 0 Å². The molecule has 3 nitrogen and oxygen atoms in total. The van der Waals surface area contributed by atoms with Gasteiger partial charge in [0.2, 0.25) is 5.95 Å².